The number of Topliss-reactive ketones (excluding diaryl/α,β-unsaturated/α-hetero) is 1. The third-order valence-corrected chi connectivity index (χ3v) is 2.85. The molecule has 0 aliphatic heterocycles. The second-order valence-corrected chi connectivity index (χ2v) is 4.75. The molecule has 1 aromatic carbocycles. The van der Waals surface area contributed by atoms with Gasteiger partial charge < -0.3 is 10.4 Å². The number of anilines is 1. The number of aliphatic carboxylic acids is 1. The first-order valence-electron chi connectivity index (χ1n) is 6.78. The summed E-state index contributed by atoms with van der Waals surface area (Å²) in [7, 11) is 0. The number of carbonyl (C=O) groups is 3. The van der Waals surface area contributed by atoms with Crippen LogP contribution in [-0.2, 0) is 9.59 Å². The third-order valence-electron chi connectivity index (χ3n) is 2.85. The number of carbonyl (C=O) groups excluding carboxylic acids is 2. The Bertz CT molecular complexity index is 528. The summed E-state index contributed by atoms with van der Waals surface area (Å²) < 4.78 is 0. The van der Waals surface area contributed by atoms with Gasteiger partial charge >= 0.3 is 5.97 Å². The standard InChI is InChI=1S/C15H20N2O4/c1-3-8-17(10-15(20)21)9-14(19)16-13-7-5-4-6-12(13)11(2)18/h4-7H,3,8-10H2,1-2H3,(H,16,19)(H,20,21). The number of ketones is 1. The first-order chi connectivity index (χ1) is 9.93. The number of hydrogen-bond donors (Lipinski definition) is 2. The average molecular weight is 292 g/mol. The van der Waals surface area contributed by atoms with Crippen molar-refractivity contribution in [2.45, 2.75) is 20.3 Å². The molecular formula is C15H20N2O4. The Morgan fingerprint density at radius 2 is 1.86 bits per heavy atom. The number of para-hydroxylation sites is 1. The van der Waals surface area contributed by atoms with Crippen LogP contribution in [0.3, 0.4) is 0 Å². The molecule has 0 bridgehead atoms. The lowest BCUT2D eigenvalue weighted by atomic mass is 10.1. The first-order valence-corrected chi connectivity index (χ1v) is 6.78. The van der Waals surface area contributed by atoms with Crippen molar-refractivity contribution in [3.63, 3.8) is 0 Å². The van der Waals surface area contributed by atoms with Gasteiger partial charge in [-0.15, -0.1) is 0 Å². The molecule has 0 atom stereocenters. The van der Waals surface area contributed by atoms with E-state index in [4.69, 9.17) is 5.11 Å². The fourth-order valence-electron chi connectivity index (χ4n) is 2.01. The highest BCUT2D eigenvalue weighted by Crippen LogP contribution is 2.15. The van der Waals surface area contributed by atoms with E-state index in [0.717, 1.165) is 6.42 Å². The van der Waals surface area contributed by atoms with Crippen LogP contribution < -0.4 is 5.32 Å². The molecule has 6 nitrogen and oxygen atoms in total. The molecule has 114 valence electrons. The predicted octanol–water partition coefficient (Wildman–Crippen LogP) is 1.62. The molecule has 0 fully saturated rings. The molecule has 1 amide bonds. The Labute approximate surface area is 123 Å². The molecule has 0 aliphatic rings. The number of carboxylic acid groups (broad SMARTS) is 1. The number of hydrogen-bond acceptors (Lipinski definition) is 4. The summed E-state index contributed by atoms with van der Waals surface area (Å²) in [6.45, 7) is 3.66. The van der Waals surface area contributed by atoms with Crippen LogP contribution >= 0.6 is 0 Å². The third kappa shape index (κ3) is 5.74. The lowest BCUT2D eigenvalue weighted by Crippen LogP contribution is -2.37. The van der Waals surface area contributed by atoms with Gasteiger partial charge in [0.2, 0.25) is 5.91 Å². The van der Waals surface area contributed by atoms with Crippen molar-refractivity contribution in [3.05, 3.63) is 29.8 Å². The van der Waals surface area contributed by atoms with Gasteiger partial charge in [0.15, 0.2) is 5.78 Å². The number of carboxylic acids is 1. The normalized spacial score (nSPS) is 10.4. The Morgan fingerprint density at radius 1 is 1.19 bits per heavy atom. The van der Waals surface area contributed by atoms with E-state index in [0.29, 0.717) is 17.8 Å². The van der Waals surface area contributed by atoms with Gasteiger partial charge in [0, 0.05) is 5.56 Å². The number of benzene rings is 1. The maximum atomic E-state index is 12.0. The van der Waals surface area contributed by atoms with E-state index in [1.807, 2.05) is 6.92 Å². The minimum Gasteiger partial charge on any atom is -0.480 e. The van der Waals surface area contributed by atoms with E-state index in [-0.39, 0.29) is 24.8 Å². The summed E-state index contributed by atoms with van der Waals surface area (Å²) in [6, 6.07) is 6.73. The number of nitrogens with one attached hydrogen (secondary N) is 1. The van der Waals surface area contributed by atoms with Crippen LogP contribution in [0.5, 0.6) is 0 Å². The van der Waals surface area contributed by atoms with E-state index < -0.39 is 5.97 Å². The molecule has 0 radical (unpaired) electrons. The van der Waals surface area contributed by atoms with Gasteiger partial charge in [-0.05, 0) is 32.0 Å². The molecule has 2 N–H and O–H groups in total. The van der Waals surface area contributed by atoms with Crippen molar-refractivity contribution in [2.24, 2.45) is 0 Å². The quantitative estimate of drug-likeness (QED) is 0.711. The minimum atomic E-state index is -0.972. The SMILES string of the molecule is CCCN(CC(=O)O)CC(=O)Nc1ccccc1C(C)=O. The second-order valence-electron chi connectivity index (χ2n) is 4.75. The van der Waals surface area contributed by atoms with Crippen molar-refractivity contribution in [1.29, 1.82) is 0 Å². The van der Waals surface area contributed by atoms with E-state index in [9.17, 15) is 14.4 Å². The average Bonchev–Trinajstić information content (AvgIpc) is 2.38. The minimum absolute atomic E-state index is 0.0214. The van der Waals surface area contributed by atoms with Crippen LogP contribution in [0.2, 0.25) is 0 Å². The van der Waals surface area contributed by atoms with Crippen LogP contribution in [0.25, 0.3) is 0 Å². The lowest BCUT2D eigenvalue weighted by molar-refractivity contribution is -0.138. The summed E-state index contributed by atoms with van der Waals surface area (Å²) in [6.07, 6.45) is 0.755. The maximum Gasteiger partial charge on any atom is 0.317 e. The van der Waals surface area contributed by atoms with Gasteiger partial charge in [-0.3, -0.25) is 19.3 Å². The van der Waals surface area contributed by atoms with Crippen LogP contribution in [-0.4, -0.2) is 47.3 Å². The molecule has 0 aromatic heterocycles. The fourth-order valence-corrected chi connectivity index (χ4v) is 2.01. The molecule has 6 heteroatoms. The second kappa shape index (κ2) is 8.16. The smallest absolute Gasteiger partial charge is 0.317 e. The van der Waals surface area contributed by atoms with Crippen LogP contribution in [0.15, 0.2) is 24.3 Å². The zero-order chi connectivity index (χ0) is 15.8. The van der Waals surface area contributed by atoms with Crippen LogP contribution in [0.4, 0.5) is 5.69 Å². The molecular weight excluding hydrogens is 272 g/mol. The number of amides is 1. The lowest BCUT2D eigenvalue weighted by Gasteiger charge is -2.19. The Balaban J connectivity index is 2.72. The number of rotatable bonds is 8. The zero-order valence-corrected chi connectivity index (χ0v) is 12.3. The molecule has 1 aromatic rings. The molecule has 0 aliphatic carbocycles. The van der Waals surface area contributed by atoms with Gasteiger partial charge in [0.1, 0.15) is 0 Å². The summed E-state index contributed by atoms with van der Waals surface area (Å²) in [5.41, 5.74) is 0.882. The number of nitrogens with zero attached hydrogens (tertiary/aromatic N) is 1. The van der Waals surface area contributed by atoms with Gasteiger partial charge in [-0.2, -0.15) is 0 Å². The fraction of sp³-hybridized carbons (Fsp3) is 0.400. The van der Waals surface area contributed by atoms with Crippen molar-refractivity contribution in [1.82, 2.24) is 4.90 Å². The Hall–Kier alpha value is -2.21. The van der Waals surface area contributed by atoms with Gasteiger partial charge in [-0.1, -0.05) is 19.1 Å². The largest absolute Gasteiger partial charge is 0.480 e. The highest BCUT2D eigenvalue weighted by molar-refractivity contribution is 6.04. The molecule has 21 heavy (non-hydrogen) atoms. The molecule has 0 unspecified atom stereocenters. The highest BCUT2D eigenvalue weighted by Gasteiger charge is 2.15. The van der Waals surface area contributed by atoms with Crippen molar-refractivity contribution in [2.75, 3.05) is 25.0 Å². The van der Waals surface area contributed by atoms with E-state index in [1.165, 1.54) is 6.92 Å². The van der Waals surface area contributed by atoms with Crippen LogP contribution in [0, 0.1) is 0 Å². The van der Waals surface area contributed by atoms with Gasteiger partial charge in [-0.25, -0.2) is 0 Å². The van der Waals surface area contributed by atoms with E-state index in [2.05, 4.69) is 5.32 Å². The van der Waals surface area contributed by atoms with Gasteiger partial charge in [0.05, 0.1) is 18.8 Å². The summed E-state index contributed by atoms with van der Waals surface area (Å²) in [5, 5.41) is 11.5. The van der Waals surface area contributed by atoms with Crippen molar-refractivity contribution >= 4 is 23.3 Å². The zero-order valence-electron chi connectivity index (χ0n) is 12.3. The first kappa shape index (κ1) is 16.8. The predicted molar refractivity (Wildman–Crippen MR) is 79.4 cm³/mol. The van der Waals surface area contributed by atoms with Crippen LogP contribution in [0.1, 0.15) is 30.6 Å². The monoisotopic (exact) mass is 292 g/mol. The molecule has 1 rings (SSSR count). The highest BCUT2D eigenvalue weighted by atomic mass is 16.4. The molecule has 0 heterocycles. The van der Waals surface area contributed by atoms with E-state index >= 15 is 0 Å². The Morgan fingerprint density at radius 3 is 2.43 bits per heavy atom. The topological polar surface area (TPSA) is 86.7 Å². The molecule has 0 spiro atoms. The summed E-state index contributed by atoms with van der Waals surface area (Å²) >= 11 is 0. The van der Waals surface area contributed by atoms with Crippen molar-refractivity contribution < 1.29 is 19.5 Å². The molecule has 0 saturated heterocycles. The maximum absolute atomic E-state index is 12.0. The summed E-state index contributed by atoms with van der Waals surface area (Å²) in [4.78, 5) is 35.8. The van der Waals surface area contributed by atoms with Crippen molar-refractivity contribution in [3.8, 4) is 0 Å². The van der Waals surface area contributed by atoms with Gasteiger partial charge in [0.25, 0.3) is 0 Å². The Kier molecular flexibility index (Phi) is 6.55. The molecule has 0 saturated carbocycles. The van der Waals surface area contributed by atoms with E-state index in [1.54, 1.807) is 29.2 Å². The summed E-state index contributed by atoms with van der Waals surface area (Å²) in [5.74, 6) is -1.44.